The Balaban J connectivity index is 3.08. The Morgan fingerprint density at radius 2 is 1.81 bits per heavy atom. The first kappa shape index (κ1) is 13.1. The molecule has 0 aliphatic carbocycles. The smallest absolute Gasteiger partial charge is 0.160 e. The quantitative estimate of drug-likeness (QED) is 0.803. The number of rotatable bonds is 6. The largest absolute Gasteiger partial charge is 0.504 e. The van der Waals surface area contributed by atoms with Crippen molar-refractivity contribution < 1.29 is 5.11 Å². The third kappa shape index (κ3) is 2.57. The Labute approximate surface area is 98.5 Å². The number of aromatic hydroxyl groups is 1. The Morgan fingerprint density at radius 3 is 2.31 bits per heavy atom. The summed E-state index contributed by atoms with van der Waals surface area (Å²) in [6.45, 7) is 8.55. The van der Waals surface area contributed by atoms with E-state index in [0.717, 1.165) is 43.5 Å². The van der Waals surface area contributed by atoms with Crippen molar-refractivity contribution >= 4 is 0 Å². The van der Waals surface area contributed by atoms with Crippen LogP contribution in [0, 0.1) is 0 Å². The van der Waals surface area contributed by atoms with Gasteiger partial charge in [0.1, 0.15) is 5.69 Å². The molecule has 1 aromatic heterocycles. The van der Waals surface area contributed by atoms with Crippen molar-refractivity contribution in [1.29, 1.82) is 0 Å². The van der Waals surface area contributed by atoms with Gasteiger partial charge >= 0.3 is 0 Å². The molecule has 0 bridgehead atoms. The third-order valence-electron chi connectivity index (χ3n) is 3.03. The van der Waals surface area contributed by atoms with E-state index in [1.165, 1.54) is 0 Å². The van der Waals surface area contributed by atoms with Crippen LogP contribution in [0.25, 0.3) is 0 Å². The van der Waals surface area contributed by atoms with Crippen LogP contribution in [0.3, 0.4) is 0 Å². The Hall–Kier alpha value is -0.990. The van der Waals surface area contributed by atoms with Crippen LogP contribution >= 0.6 is 0 Å². The Kier molecular flexibility index (Phi) is 4.84. The maximum Gasteiger partial charge on any atom is 0.160 e. The van der Waals surface area contributed by atoms with Crippen molar-refractivity contribution in [3.63, 3.8) is 0 Å². The fourth-order valence-corrected chi connectivity index (χ4v) is 1.93. The summed E-state index contributed by atoms with van der Waals surface area (Å²) in [5.41, 5.74) is 1.88. The summed E-state index contributed by atoms with van der Waals surface area (Å²) in [6, 6.07) is 0.373. The zero-order valence-electron chi connectivity index (χ0n) is 11.0. The Morgan fingerprint density at radius 1 is 1.19 bits per heavy atom. The van der Waals surface area contributed by atoms with Crippen LogP contribution in [0.5, 0.6) is 5.75 Å². The van der Waals surface area contributed by atoms with E-state index >= 15 is 0 Å². The van der Waals surface area contributed by atoms with Crippen LogP contribution in [-0.4, -0.2) is 14.9 Å². The highest BCUT2D eigenvalue weighted by molar-refractivity contribution is 5.33. The van der Waals surface area contributed by atoms with Crippen molar-refractivity contribution in [2.45, 2.75) is 65.8 Å². The molecular formula is C13H24N2O. The summed E-state index contributed by atoms with van der Waals surface area (Å²) in [4.78, 5) is 0. The summed E-state index contributed by atoms with van der Waals surface area (Å²) in [5.74, 6) is 0.434. The van der Waals surface area contributed by atoms with Gasteiger partial charge in [0.05, 0.1) is 5.69 Å². The molecule has 1 atom stereocenters. The molecule has 0 aliphatic rings. The van der Waals surface area contributed by atoms with Crippen LogP contribution in [-0.2, 0) is 12.8 Å². The highest BCUT2D eigenvalue weighted by Crippen LogP contribution is 2.28. The molecule has 3 nitrogen and oxygen atoms in total. The fraction of sp³-hybridized carbons (Fsp3) is 0.769. The average molecular weight is 224 g/mol. The second-order valence-electron chi connectivity index (χ2n) is 4.44. The van der Waals surface area contributed by atoms with Gasteiger partial charge in [0.2, 0.25) is 0 Å². The topological polar surface area (TPSA) is 38.0 Å². The number of nitrogens with zero attached hydrogens (tertiary/aromatic N) is 2. The molecular weight excluding hydrogens is 200 g/mol. The van der Waals surface area contributed by atoms with Crippen molar-refractivity contribution in [1.82, 2.24) is 9.78 Å². The minimum absolute atomic E-state index is 0.373. The van der Waals surface area contributed by atoms with Gasteiger partial charge < -0.3 is 5.11 Å². The minimum atomic E-state index is 0.373. The molecule has 1 heterocycles. The molecule has 0 saturated heterocycles. The predicted molar refractivity (Wildman–Crippen MR) is 66.9 cm³/mol. The number of hydrogen-bond donors (Lipinski definition) is 1. The lowest BCUT2D eigenvalue weighted by molar-refractivity contribution is 0.436. The van der Waals surface area contributed by atoms with E-state index in [2.05, 4.69) is 32.8 Å². The van der Waals surface area contributed by atoms with Crippen molar-refractivity contribution in [3.05, 3.63) is 11.4 Å². The van der Waals surface area contributed by atoms with Gasteiger partial charge in [0, 0.05) is 6.04 Å². The maximum atomic E-state index is 10.1. The molecule has 92 valence electrons. The van der Waals surface area contributed by atoms with Crippen LogP contribution in [0.15, 0.2) is 0 Å². The van der Waals surface area contributed by atoms with Gasteiger partial charge in [0.15, 0.2) is 5.75 Å². The van der Waals surface area contributed by atoms with Crippen LogP contribution in [0.4, 0.5) is 0 Å². The molecule has 1 aromatic rings. The summed E-state index contributed by atoms with van der Waals surface area (Å²) in [5, 5.41) is 14.7. The monoisotopic (exact) mass is 224 g/mol. The molecule has 1 rings (SSSR count). The number of aromatic nitrogens is 2. The minimum Gasteiger partial charge on any atom is -0.504 e. The van der Waals surface area contributed by atoms with Crippen molar-refractivity contribution in [3.8, 4) is 5.75 Å². The second-order valence-corrected chi connectivity index (χ2v) is 4.44. The lowest BCUT2D eigenvalue weighted by Crippen LogP contribution is -2.10. The molecule has 3 heteroatoms. The lowest BCUT2D eigenvalue weighted by atomic mass is 10.1. The Bertz CT molecular complexity index is 331. The fourth-order valence-electron chi connectivity index (χ4n) is 1.93. The zero-order valence-corrected chi connectivity index (χ0v) is 11.0. The predicted octanol–water partition coefficient (Wildman–Crippen LogP) is 3.46. The van der Waals surface area contributed by atoms with Gasteiger partial charge in [-0.2, -0.15) is 5.10 Å². The van der Waals surface area contributed by atoms with E-state index in [0.29, 0.717) is 11.8 Å². The number of aryl methyl sites for hydroxylation is 1. The van der Waals surface area contributed by atoms with Crippen molar-refractivity contribution in [2.75, 3.05) is 0 Å². The van der Waals surface area contributed by atoms with E-state index in [9.17, 15) is 5.11 Å². The van der Waals surface area contributed by atoms with Crippen molar-refractivity contribution in [2.24, 2.45) is 0 Å². The molecule has 0 fully saturated rings. The van der Waals surface area contributed by atoms with E-state index < -0.39 is 0 Å². The maximum absolute atomic E-state index is 10.1. The van der Waals surface area contributed by atoms with Crippen LogP contribution in [0.2, 0.25) is 0 Å². The molecule has 0 saturated carbocycles. The van der Waals surface area contributed by atoms with E-state index in [-0.39, 0.29) is 0 Å². The van der Waals surface area contributed by atoms with Gasteiger partial charge in [-0.05, 0) is 26.2 Å². The standard InChI is InChI=1S/C13H24N2O/c1-5-8-11-13(16)12(9-6-2)15(14-11)10(4)7-3/h10,16H,5-9H2,1-4H3. The molecule has 1 unspecified atom stereocenters. The van der Waals surface area contributed by atoms with E-state index in [1.807, 2.05) is 4.68 Å². The average Bonchev–Trinajstić information content (AvgIpc) is 2.58. The molecule has 16 heavy (non-hydrogen) atoms. The van der Waals surface area contributed by atoms with Gasteiger partial charge in [-0.3, -0.25) is 4.68 Å². The second kappa shape index (κ2) is 5.92. The SMILES string of the molecule is CCCc1nn(C(C)CC)c(CCC)c1O. The van der Waals surface area contributed by atoms with E-state index in [1.54, 1.807) is 0 Å². The first-order chi connectivity index (χ1) is 7.65. The highest BCUT2D eigenvalue weighted by atomic mass is 16.3. The first-order valence-electron chi connectivity index (χ1n) is 6.44. The summed E-state index contributed by atoms with van der Waals surface area (Å²) < 4.78 is 2.02. The first-order valence-corrected chi connectivity index (χ1v) is 6.44. The highest BCUT2D eigenvalue weighted by Gasteiger charge is 2.18. The van der Waals surface area contributed by atoms with Crippen LogP contribution < -0.4 is 0 Å². The van der Waals surface area contributed by atoms with Crippen LogP contribution in [0.1, 0.15) is 64.4 Å². The van der Waals surface area contributed by atoms with Gasteiger partial charge in [0.25, 0.3) is 0 Å². The molecule has 0 spiro atoms. The van der Waals surface area contributed by atoms with Gasteiger partial charge in [-0.1, -0.05) is 33.6 Å². The summed E-state index contributed by atoms with van der Waals surface area (Å²) >= 11 is 0. The summed E-state index contributed by atoms with van der Waals surface area (Å²) in [6.07, 6.45) is 4.89. The summed E-state index contributed by atoms with van der Waals surface area (Å²) in [7, 11) is 0. The molecule has 0 aliphatic heterocycles. The van der Waals surface area contributed by atoms with E-state index in [4.69, 9.17) is 0 Å². The van der Waals surface area contributed by atoms with Gasteiger partial charge in [-0.25, -0.2) is 0 Å². The lowest BCUT2D eigenvalue weighted by Gasteiger charge is -2.13. The molecule has 0 aromatic carbocycles. The zero-order chi connectivity index (χ0) is 12.1. The molecule has 0 amide bonds. The normalized spacial score (nSPS) is 13.0. The number of hydrogen-bond acceptors (Lipinski definition) is 2. The van der Waals surface area contributed by atoms with Gasteiger partial charge in [-0.15, -0.1) is 0 Å². The third-order valence-corrected chi connectivity index (χ3v) is 3.03. The molecule has 0 radical (unpaired) electrons. The molecule has 1 N–H and O–H groups in total.